The van der Waals surface area contributed by atoms with Crippen molar-refractivity contribution >= 4 is 28.9 Å². The van der Waals surface area contributed by atoms with Crippen LogP contribution in [0.4, 0.5) is 0 Å². The fourth-order valence-electron chi connectivity index (χ4n) is 4.35. The van der Waals surface area contributed by atoms with Gasteiger partial charge in [0.1, 0.15) is 12.4 Å². The van der Waals surface area contributed by atoms with Gasteiger partial charge in [-0.15, -0.1) is 0 Å². The van der Waals surface area contributed by atoms with E-state index in [-0.39, 0.29) is 41.8 Å². The van der Waals surface area contributed by atoms with Crippen LogP contribution in [-0.4, -0.2) is 29.0 Å². The molecule has 31 heavy (non-hydrogen) atoms. The monoisotopic (exact) mass is 443 g/mol. The first-order valence-corrected chi connectivity index (χ1v) is 10.9. The highest BCUT2D eigenvalue weighted by Gasteiger charge is 2.33. The molecular formula is C25H30ClNO4. The lowest BCUT2D eigenvalue weighted by Gasteiger charge is -2.28. The van der Waals surface area contributed by atoms with Crippen LogP contribution in [0, 0.1) is 20.8 Å². The van der Waals surface area contributed by atoms with Gasteiger partial charge < -0.3 is 9.94 Å². The maximum atomic E-state index is 13.0. The number of carbonyl (C=O) groups excluding carboxylic acids is 2. The number of benzene rings is 1. The van der Waals surface area contributed by atoms with Crippen molar-refractivity contribution in [3.63, 3.8) is 0 Å². The highest BCUT2D eigenvalue weighted by molar-refractivity contribution is 6.25. The molecule has 1 aliphatic carbocycles. The van der Waals surface area contributed by atoms with E-state index in [9.17, 15) is 14.7 Å². The number of carbonyl (C=O) groups is 2. The predicted molar refractivity (Wildman–Crippen MR) is 125 cm³/mol. The zero-order valence-electron chi connectivity index (χ0n) is 18.8. The Balaban J connectivity index is 2.45. The van der Waals surface area contributed by atoms with E-state index in [2.05, 4.69) is 5.16 Å². The van der Waals surface area contributed by atoms with E-state index in [1.54, 1.807) is 18.2 Å². The molecule has 1 unspecified atom stereocenters. The van der Waals surface area contributed by atoms with E-state index in [0.717, 1.165) is 22.3 Å². The summed E-state index contributed by atoms with van der Waals surface area (Å²) in [6, 6.07) is 1.98. The number of nitrogens with zero attached hydrogens (tertiary/aromatic N) is 1. The predicted octanol–water partition coefficient (Wildman–Crippen LogP) is 6.16. The SMILES string of the molecule is CC=CC(=O)c1c(C)cc(C)c(C2CC(=O)C(C(CC)=NOCC=CCl)=C(O)C2)c1C. The Kier molecular flexibility index (Phi) is 8.81. The molecule has 0 fully saturated rings. The number of hydrogen-bond acceptors (Lipinski definition) is 5. The molecular weight excluding hydrogens is 414 g/mol. The first-order chi connectivity index (χ1) is 14.8. The molecule has 0 spiro atoms. The zero-order chi connectivity index (χ0) is 23.1. The Morgan fingerprint density at radius 2 is 2.00 bits per heavy atom. The topological polar surface area (TPSA) is 76.0 Å². The molecule has 0 amide bonds. The van der Waals surface area contributed by atoms with E-state index in [1.165, 1.54) is 5.54 Å². The third-order valence-corrected chi connectivity index (χ3v) is 5.68. The Bertz CT molecular complexity index is 986. The first-order valence-electron chi connectivity index (χ1n) is 10.4. The van der Waals surface area contributed by atoms with E-state index in [0.29, 0.717) is 24.1 Å². The van der Waals surface area contributed by atoms with Gasteiger partial charge in [-0.3, -0.25) is 9.59 Å². The lowest BCUT2D eigenvalue weighted by molar-refractivity contribution is -0.116. The summed E-state index contributed by atoms with van der Waals surface area (Å²) in [5.41, 5.74) is 6.40. The number of aliphatic hydroxyl groups is 1. The second-order valence-corrected chi connectivity index (χ2v) is 7.94. The van der Waals surface area contributed by atoms with Gasteiger partial charge >= 0.3 is 0 Å². The minimum absolute atomic E-state index is 0.0130. The van der Waals surface area contributed by atoms with Gasteiger partial charge in [-0.25, -0.2) is 0 Å². The third-order valence-electron chi connectivity index (χ3n) is 5.50. The molecule has 166 valence electrons. The number of Topliss-reactive ketones (excluding diaryl/α,β-unsaturated/α-hetero) is 1. The summed E-state index contributed by atoms with van der Waals surface area (Å²) in [5.74, 6) is -0.414. The average molecular weight is 444 g/mol. The van der Waals surface area contributed by atoms with Crippen molar-refractivity contribution in [2.45, 2.75) is 59.8 Å². The molecule has 0 saturated carbocycles. The molecule has 0 aromatic heterocycles. The van der Waals surface area contributed by atoms with Crippen molar-refractivity contribution in [3.8, 4) is 0 Å². The van der Waals surface area contributed by atoms with Crippen LogP contribution in [-0.2, 0) is 9.63 Å². The molecule has 5 nitrogen and oxygen atoms in total. The van der Waals surface area contributed by atoms with Crippen LogP contribution >= 0.6 is 11.6 Å². The number of hydrogen-bond donors (Lipinski definition) is 1. The minimum atomic E-state index is -0.202. The largest absolute Gasteiger partial charge is 0.511 e. The van der Waals surface area contributed by atoms with Crippen molar-refractivity contribution in [1.82, 2.24) is 0 Å². The van der Waals surface area contributed by atoms with Crippen molar-refractivity contribution in [1.29, 1.82) is 0 Å². The smallest absolute Gasteiger partial charge is 0.186 e. The second-order valence-electron chi connectivity index (χ2n) is 7.69. The van der Waals surface area contributed by atoms with Gasteiger partial charge in [-0.2, -0.15) is 0 Å². The summed E-state index contributed by atoms with van der Waals surface area (Å²) in [6.07, 6.45) is 5.86. The number of halogens is 1. The molecule has 0 saturated heterocycles. The molecule has 0 bridgehead atoms. The fraction of sp³-hybridized carbons (Fsp3) is 0.400. The zero-order valence-corrected chi connectivity index (χ0v) is 19.5. The fourth-order valence-corrected chi connectivity index (χ4v) is 4.42. The second kappa shape index (κ2) is 11.1. The van der Waals surface area contributed by atoms with Crippen molar-refractivity contribution < 1.29 is 19.5 Å². The third kappa shape index (κ3) is 5.53. The number of rotatable bonds is 8. The molecule has 0 aliphatic heterocycles. The number of allylic oxidation sites excluding steroid dienone is 4. The van der Waals surface area contributed by atoms with Gasteiger partial charge in [0.05, 0.1) is 11.3 Å². The number of oxime groups is 1. The lowest BCUT2D eigenvalue weighted by Crippen LogP contribution is -2.25. The van der Waals surface area contributed by atoms with Crippen molar-refractivity contribution in [2.75, 3.05) is 6.61 Å². The Morgan fingerprint density at radius 1 is 1.29 bits per heavy atom. The molecule has 1 N–H and O–H groups in total. The number of aliphatic hydroxyl groups excluding tert-OH is 1. The van der Waals surface area contributed by atoms with E-state index in [4.69, 9.17) is 16.4 Å². The molecule has 1 atom stereocenters. The van der Waals surface area contributed by atoms with Gasteiger partial charge in [0.25, 0.3) is 0 Å². The van der Waals surface area contributed by atoms with E-state index >= 15 is 0 Å². The summed E-state index contributed by atoms with van der Waals surface area (Å²) in [4.78, 5) is 30.8. The summed E-state index contributed by atoms with van der Waals surface area (Å²) in [7, 11) is 0. The highest BCUT2D eigenvalue weighted by atomic mass is 35.5. The van der Waals surface area contributed by atoms with Crippen LogP contribution in [0.15, 0.2) is 46.3 Å². The summed E-state index contributed by atoms with van der Waals surface area (Å²) in [5, 5.41) is 14.8. The lowest BCUT2D eigenvalue weighted by atomic mass is 9.76. The Morgan fingerprint density at radius 3 is 2.58 bits per heavy atom. The van der Waals surface area contributed by atoms with Gasteiger partial charge in [0.2, 0.25) is 0 Å². The standard InChI is InChI=1S/C25H30ClNO4/c1-6-9-20(28)24-16(4)12-15(3)23(17(24)5)18-13-21(29)25(22(30)14-18)19(7-2)27-31-11-8-10-26/h6,8-10,12,18,29H,7,11,13-14H2,1-5H3. The van der Waals surface area contributed by atoms with Gasteiger partial charge in [0, 0.05) is 23.9 Å². The summed E-state index contributed by atoms with van der Waals surface area (Å²) >= 11 is 5.47. The van der Waals surface area contributed by atoms with Crippen LogP contribution in [0.3, 0.4) is 0 Å². The molecule has 1 aromatic carbocycles. The first kappa shape index (κ1) is 24.6. The minimum Gasteiger partial charge on any atom is -0.511 e. The quantitative estimate of drug-likeness (QED) is 0.171. The summed E-state index contributed by atoms with van der Waals surface area (Å²) in [6.45, 7) is 9.67. The molecule has 1 aliphatic rings. The Labute approximate surface area is 189 Å². The van der Waals surface area contributed by atoms with Crippen LogP contribution in [0.2, 0.25) is 0 Å². The normalized spacial score (nSPS) is 17.8. The average Bonchev–Trinajstić information content (AvgIpc) is 2.69. The molecule has 1 aromatic rings. The number of ketones is 2. The van der Waals surface area contributed by atoms with Crippen molar-refractivity contribution in [2.24, 2.45) is 5.16 Å². The molecule has 6 heteroatoms. The van der Waals surface area contributed by atoms with Crippen molar-refractivity contribution in [3.05, 3.63) is 69.0 Å². The van der Waals surface area contributed by atoms with Gasteiger partial charge in [0.15, 0.2) is 11.6 Å². The van der Waals surface area contributed by atoms with Gasteiger partial charge in [-0.05, 0) is 74.4 Å². The molecule has 0 heterocycles. The van der Waals surface area contributed by atoms with Crippen LogP contribution in [0.25, 0.3) is 0 Å². The van der Waals surface area contributed by atoms with Crippen LogP contribution < -0.4 is 0 Å². The highest BCUT2D eigenvalue weighted by Crippen LogP contribution is 2.39. The maximum absolute atomic E-state index is 13.0. The Hall–Kier alpha value is -2.66. The van der Waals surface area contributed by atoms with E-state index in [1.807, 2.05) is 40.7 Å². The molecule has 2 rings (SSSR count). The summed E-state index contributed by atoms with van der Waals surface area (Å²) < 4.78 is 0. The molecule has 0 radical (unpaired) electrons. The van der Waals surface area contributed by atoms with E-state index < -0.39 is 0 Å². The maximum Gasteiger partial charge on any atom is 0.186 e. The van der Waals surface area contributed by atoms with Crippen LogP contribution in [0.5, 0.6) is 0 Å². The van der Waals surface area contributed by atoms with Crippen LogP contribution in [0.1, 0.15) is 71.6 Å². The number of aryl methyl sites for hydroxylation is 2. The van der Waals surface area contributed by atoms with Gasteiger partial charge in [-0.1, -0.05) is 35.8 Å².